The summed E-state index contributed by atoms with van der Waals surface area (Å²) in [5.74, 6) is 1.30. The predicted molar refractivity (Wildman–Crippen MR) is 68.6 cm³/mol. The first-order valence-electron chi connectivity index (χ1n) is 5.40. The van der Waals surface area contributed by atoms with E-state index in [0.717, 1.165) is 0 Å². The molecule has 0 saturated carbocycles. The molecular weight excluding hydrogens is 224 g/mol. The van der Waals surface area contributed by atoms with Crippen LogP contribution in [0.15, 0.2) is 5.38 Å². The van der Waals surface area contributed by atoms with Crippen LogP contribution in [-0.4, -0.2) is 17.8 Å². The van der Waals surface area contributed by atoms with Crippen molar-refractivity contribution >= 4 is 23.1 Å². The van der Waals surface area contributed by atoms with Gasteiger partial charge in [-0.2, -0.15) is 11.8 Å². The van der Waals surface area contributed by atoms with Crippen molar-refractivity contribution in [3.05, 3.63) is 16.1 Å². The van der Waals surface area contributed by atoms with Crippen molar-refractivity contribution < 1.29 is 0 Å². The van der Waals surface area contributed by atoms with Gasteiger partial charge < -0.3 is 5.32 Å². The molecule has 1 aromatic rings. The summed E-state index contributed by atoms with van der Waals surface area (Å²) in [7, 11) is 1.99. The molecule has 0 amide bonds. The Hall–Kier alpha value is -0.0600. The van der Waals surface area contributed by atoms with Gasteiger partial charge in [-0.15, -0.1) is 11.3 Å². The van der Waals surface area contributed by atoms with Gasteiger partial charge in [0, 0.05) is 5.38 Å². The molecule has 0 aromatic carbocycles. The minimum atomic E-state index is -0.00196. The summed E-state index contributed by atoms with van der Waals surface area (Å²) >= 11 is 3.87. The fourth-order valence-corrected chi connectivity index (χ4v) is 4.14. The quantitative estimate of drug-likeness (QED) is 0.881. The van der Waals surface area contributed by atoms with Crippen molar-refractivity contribution in [3.63, 3.8) is 0 Å². The van der Waals surface area contributed by atoms with Crippen molar-refractivity contribution in [2.45, 2.75) is 37.5 Å². The van der Waals surface area contributed by atoms with Gasteiger partial charge in [-0.25, -0.2) is 4.98 Å². The lowest BCUT2D eigenvalue weighted by atomic mass is 10.0. The summed E-state index contributed by atoms with van der Waals surface area (Å²) in [4.78, 5) is 4.77. The lowest BCUT2D eigenvalue weighted by Gasteiger charge is -2.21. The zero-order valence-electron chi connectivity index (χ0n) is 9.54. The number of thioether (sulfide) groups is 1. The first-order chi connectivity index (χ1) is 7.13. The number of hydrogen-bond donors (Lipinski definition) is 1. The van der Waals surface area contributed by atoms with Crippen LogP contribution >= 0.6 is 23.1 Å². The van der Waals surface area contributed by atoms with E-state index in [0.29, 0.717) is 5.25 Å². The van der Waals surface area contributed by atoms with Crippen LogP contribution in [0.1, 0.15) is 42.6 Å². The molecule has 2 nitrogen and oxygen atoms in total. The largest absolute Gasteiger partial charge is 0.310 e. The summed E-state index contributed by atoms with van der Waals surface area (Å²) in [6.07, 6.45) is 2.65. The van der Waals surface area contributed by atoms with Gasteiger partial charge in [-0.1, -0.05) is 0 Å². The van der Waals surface area contributed by atoms with E-state index in [-0.39, 0.29) is 5.54 Å². The molecule has 1 saturated heterocycles. The molecule has 2 heterocycles. The molecule has 1 unspecified atom stereocenters. The van der Waals surface area contributed by atoms with Crippen LogP contribution in [0, 0.1) is 0 Å². The van der Waals surface area contributed by atoms with Crippen LogP contribution in [0.4, 0.5) is 0 Å². The Morgan fingerprint density at radius 1 is 1.53 bits per heavy atom. The van der Waals surface area contributed by atoms with Gasteiger partial charge in [0.2, 0.25) is 0 Å². The second-order valence-corrected chi connectivity index (χ2v) is 6.65. The number of aromatic nitrogens is 1. The summed E-state index contributed by atoms with van der Waals surface area (Å²) in [6, 6.07) is 0. The highest BCUT2D eigenvalue weighted by molar-refractivity contribution is 7.99. The van der Waals surface area contributed by atoms with Crippen molar-refractivity contribution in [2.75, 3.05) is 12.8 Å². The highest BCUT2D eigenvalue weighted by Gasteiger charge is 2.25. The first-order valence-corrected chi connectivity index (χ1v) is 7.33. The zero-order chi connectivity index (χ0) is 10.9. The highest BCUT2D eigenvalue weighted by atomic mass is 32.2. The first kappa shape index (κ1) is 11.4. The predicted octanol–water partition coefficient (Wildman–Crippen LogP) is 3.17. The topological polar surface area (TPSA) is 24.9 Å². The van der Waals surface area contributed by atoms with E-state index in [2.05, 4.69) is 36.3 Å². The third kappa shape index (κ3) is 2.37. The van der Waals surface area contributed by atoms with Crippen LogP contribution in [-0.2, 0) is 5.54 Å². The molecule has 0 aliphatic carbocycles. The fraction of sp³-hybridized carbons (Fsp3) is 0.727. The molecule has 1 aliphatic rings. The van der Waals surface area contributed by atoms with Gasteiger partial charge in [-0.3, -0.25) is 0 Å². The third-order valence-electron chi connectivity index (χ3n) is 2.99. The lowest BCUT2D eigenvalue weighted by molar-refractivity contribution is 0.432. The Bertz CT molecular complexity index is 327. The Morgan fingerprint density at radius 3 is 2.93 bits per heavy atom. The maximum Gasteiger partial charge on any atom is 0.106 e. The van der Waals surface area contributed by atoms with Crippen LogP contribution in [0.25, 0.3) is 0 Å². The maximum atomic E-state index is 4.77. The molecule has 1 atom stereocenters. The van der Waals surface area contributed by atoms with Crippen molar-refractivity contribution in [1.82, 2.24) is 10.3 Å². The standard InChI is InChI=1S/C11H18N2S2/c1-11(2,12-3)9-7-15-10(13-9)8-5-4-6-14-8/h7-8,12H,4-6H2,1-3H3. The highest BCUT2D eigenvalue weighted by Crippen LogP contribution is 2.41. The molecule has 0 radical (unpaired) electrons. The Labute approximate surface area is 99.9 Å². The Morgan fingerprint density at radius 2 is 2.33 bits per heavy atom. The summed E-state index contributed by atoms with van der Waals surface area (Å²) in [5.41, 5.74) is 1.18. The number of thiazole rings is 1. The SMILES string of the molecule is CNC(C)(C)c1csc(C2CCCS2)n1. The average Bonchev–Trinajstić information content (AvgIpc) is 2.88. The molecule has 0 bridgehead atoms. The van der Waals surface area contributed by atoms with E-state index in [9.17, 15) is 0 Å². The van der Waals surface area contributed by atoms with Crippen molar-refractivity contribution in [3.8, 4) is 0 Å². The normalized spacial score (nSPS) is 22.2. The summed E-state index contributed by atoms with van der Waals surface area (Å²) in [5, 5.41) is 7.48. The van der Waals surface area contributed by atoms with E-state index in [1.54, 1.807) is 0 Å². The van der Waals surface area contributed by atoms with E-state index in [1.165, 1.54) is 29.3 Å². The zero-order valence-corrected chi connectivity index (χ0v) is 11.2. The van der Waals surface area contributed by atoms with Crippen LogP contribution in [0.2, 0.25) is 0 Å². The smallest absolute Gasteiger partial charge is 0.106 e. The second kappa shape index (κ2) is 4.44. The van der Waals surface area contributed by atoms with Gasteiger partial charge in [0.05, 0.1) is 16.5 Å². The molecule has 4 heteroatoms. The molecule has 15 heavy (non-hydrogen) atoms. The molecule has 1 N–H and O–H groups in total. The molecular formula is C11H18N2S2. The van der Waals surface area contributed by atoms with E-state index in [4.69, 9.17) is 4.98 Å². The number of rotatable bonds is 3. The number of nitrogens with zero attached hydrogens (tertiary/aromatic N) is 1. The van der Waals surface area contributed by atoms with Crippen LogP contribution < -0.4 is 5.32 Å². The Kier molecular flexibility index (Phi) is 3.38. The van der Waals surface area contributed by atoms with Crippen molar-refractivity contribution in [2.24, 2.45) is 0 Å². The van der Waals surface area contributed by atoms with E-state index >= 15 is 0 Å². The number of nitrogens with one attached hydrogen (secondary N) is 1. The number of hydrogen-bond acceptors (Lipinski definition) is 4. The summed E-state index contributed by atoms with van der Waals surface area (Å²) in [6.45, 7) is 4.35. The molecule has 0 spiro atoms. The Balaban J connectivity index is 2.16. The van der Waals surface area contributed by atoms with Crippen molar-refractivity contribution in [1.29, 1.82) is 0 Å². The van der Waals surface area contributed by atoms with Crippen LogP contribution in [0.3, 0.4) is 0 Å². The molecule has 1 aromatic heterocycles. The van der Waals surface area contributed by atoms with E-state index < -0.39 is 0 Å². The maximum absolute atomic E-state index is 4.77. The van der Waals surface area contributed by atoms with Gasteiger partial charge in [0.1, 0.15) is 5.01 Å². The second-order valence-electron chi connectivity index (χ2n) is 4.45. The van der Waals surface area contributed by atoms with E-state index in [1.807, 2.05) is 18.4 Å². The van der Waals surface area contributed by atoms with Gasteiger partial charge in [0.15, 0.2) is 0 Å². The van der Waals surface area contributed by atoms with Crippen LogP contribution in [0.5, 0.6) is 0 Å². The molecule has 1 fully saturated rings. The molecule has 2 rings (SSSR count). The summed E-state index contributed by atoms with van der Waals surface area (Å²) < 4.78 is 0. The average molecular weight is 242 g/mol. The molecule has 1 aliphatic heterocycles. The minimum absolute atomic E-state index is 0.00196. The fourth-order valence-electron chi connectivity index (χ4n) is 1.62. The van der Waals surface area contributed by atoms with Gasteiger partial charge in [0.25, 0.3) is 0 Å². The monoisotopic (exact) mass is 242 g/mol. The van der Waals surface area contributed by atoms with Gasteiger partial charge in [-0.05, 0) is 39.5 Å². The minimum Gasteiger partial charge on any atom is -0.310 e. The van der Waals surface area contributed by atoms with Gasteiger partial charge >= 0.3 is 0 Å². The lowest BCUT2D eigenvalue weighted by Crippen LogP contribution is -2.33. The molecule has 84 valence electrons. The third-order valence-corrected chi connectivity index (χ3v) is 5.49.